The lowest BCUT2D eigenvalue weighted by Gasteiger charge is -2.29. The summed E-state index contributed by atoms with van der Waals surface area (Å²) >= 11 is 0. The Morgan fingerprint density at radius 1 is 1.00 bits per heavy atom. The summed E-state index contributed by atoms with van der Waals surface area (Å²) in [6, 6.07) is 16.1. The van der Waals surface area contributed by atoms with Crippen LogP contribution in [0.3, 0.4) is 0 Å². The molecule has 3 rings (SSSR count). The van der Waals surface area contributed by atoms with Gasteiger partial charge in [-0.3, -0.25) is 4.90 Å². The monoisotopic (exact) mass is 469 g/mol. The molecule has 184 valence electrons. The van der Waals surface area contributed by atoms with Crippen molar-refractivity contribution in [1.29, 1.82) is 0 Å². The number of aryl methyl sites for hydroxylation is 1. The minimum atomic E-state index is -0.612. The zero-order chi connectivity index (χ0) is 24.7. The third-order valence-corrected chi connectivity index (χ3v) is 5.46. The van der Waals surface area contributed by atoms with Gasteiger partial charge >= 0.3 is 0 Å². The number of halogens is 1. The van der Waals surface area contributed by atoms with Crippen molar-refractivity contribution in [2.75, 3.05) is 19.8 Å². The van der Waals surface area contributed by atoms with Crippen LogP contribution >= 0.6 is 0 Å². The van der Waals surface area contributed by atoms with Crippen molar-refractivity contribution < 1.29 is 19.0 Å². The second-order valence-electron chi connectivity index (χ2n) is 9.29. The molecule has 1 N–H and O–H groups in total. The van der Waals surface area contributed by atoms with E-state index in [1.807, 2.05) is 37.4 Å². The fraction of sp³-hybridized carbons (Fsp3) is 0.444. The molecular weight excluding hydrogens is 433 g/mol. The third-order valence-electron chi connectivity index (χ3n) is 5.46. The van der Waals surface area contributed by atoms with Gasteiger partial charge in [-0.2, -0.15) is 5.10 Å². The number of rotatable bonds is 12. The Kier molecular flexibility index (Phi) is 9.21. The molecule has 1 atom stereocenters. The van der Waals surface area contributed by atoms with Gasteiger partial charge in [-0.15, -0.1) is 0 Å². The first-order valence-electron chi connectivity index (χ1n) is 11.8. The molecule has 34 heavy (non-hydrogen) atoms. The fourth-order valence-electron chi connectivity index (χ4n) is 3.69. The van der Waals surface area contributed by atoms with Gasteiger partial charge in [-0.1, -0.05) is 44.2 Å². The number of nitrogens with zero attached hydrogens (tertiary/aromatic N) is 3. The van der Waals surface area contributed by atoms with E-state index in [1.165, 1.54) is 12.1 Å². The average molecular weight is 470 g/mol. The molecule has 7 heteroatoms. The number of aromatic nitrogens is 2. The maximum atomic E-state index is 13.4. The predicted molar refractivity (Wildman–Crippen MR) is 132 cm³/mol. The van der Waals surface area contributed by atoms with E-state index in [2.05, 4.69) is 32.6 Å². The van der Waals surface area contributed by atoms with E-state index in [9.17, 15) is 9.50 Å². The second kappa shape index (κ2) is 12.1. The molecule has 0 unspecified atom stereocenters. The number of ether oxygens (including phenoxy) is 2. The first-order valence-corrected chi connectivity index (χ1v) is 11.8. The van der Waals surface area contributed by atoms with Crippen molar-refractivity contribution in [3.8, 4) is 22.9 Å². The second-order valence-corrected chi connectivity index (χ2v) is 9.29. The Morgan fingerprint density at radius 3 is 2.29 bits per heavy atom. The molecule has 0 aliphatic carbocycles. The van der Waals surface area contributed by atoms with E-state index < -0.39 is 6.10 Å². The molecule has 3 aromatic rings. The minimum absolute atomic E-state index is 0.169. The summed E-state index contributed by atoms with van der Waals surface area (Å²) in [4.78, 5) is 2.18. The van der Waals surface area contributed by atoms with Crippen LogP contribution in [-0.4, -0.2) is 51.7 Å². The third kappa shape index (κ3) is 7.13. The van der Waals surface area contributed by atoms with Crippen LogP contribution in [0.25, 0.3) is 11.3 Å². The summed E-state index contributed by atoms with van der Waals surface area (Å²) in [5, 5.41) is 15.4. The SMILES string of the molecule is CC(C)COC[C@@H](O)CN(Cc1c(-c2ccccc2)nn(C)c1Oc1ccc(F)cc1)C(C)C. The smallest absolute Gasteiger partial charge is 0.222 e. The van der Waals surface area contributed by atoms with Crippen molar-refractivity contribution in [3.05, 3.63) is 66.0 Å². The molecule has 1 heterocycles. The molecule has 0 aliphatic heterocycles. The predicted octanol–water partition coefficient (Wildman–Crippen LogP) is 5.26. The van der Waals surface area contributed by atoms with Gasteiger partial charge in [0.1, 0.15) is 17.3 Å². The van der Waals surface area contributed by atoms with Crippen molar-refractivity contribution in [3.63, 3.8) is 0 Å². The van der Waals surface area contributed by atoms with Crippen LogP contribution in [0.1, 0.15) is 33.3 Å². The van der Waals surface area contributed by atoms with Crippen LogP contribution in [0.2, 0.25) is 0 Å². The number of benzene rings is 2. The molecule has 0 saturated carbocycles. The zero-order valence-electron chi connectivity index (χ0n) is 20.7. The summed E-state index contributed by atoms with van der Waals surface area (Å²) in [7, 11) is 1.84. The molecule has 0 spiro atoms. The maximum Gasteiger partial charge on any atom is 0.222 e. The highest BCUT2D eigenvalue weighted by atomic mass is 19.1. The van der Waals surface area contributed by atoms with Gasteiger partial charge in [-0.05, 0) is 44.0 Å². The highest BCUT2D eigenvalue weighted by Gasteiger charge is 2.24. The van der Waals surface area contributed by atoms with E-state index >= 15 is 0 Å². The maximum absolute atomic E-state index is 13.4. The summed E-state index contributed by atoms with van der Waals surface area (Å²) in [6.45, 7) is 10.3. The molecule has 0 radical (unpaired) electrons. The van der Waals surface area contributed by atoms with Crippen molar-refractivity contribution >= 4 is 0 Å². The highest BCUT2D eigenvalue weighted by molar-refractivity contribution is 5.65. The van der Waals surface area contributed by atoms with Gasteiger partial charge in [0.15, 0.2) is 0 Å². The molecule has 0 aliphatic rings. The molecule has 1 aromatic heterocycles. The van der Waals surface area contributed by atoms with E-state index in [4.69, 9.17) is 14.6 Å². The van der Waals surface area contributed by atoms with Crippen molar-refractivity contribution in [2.24, 2.45) is 13.0 Å². The summed E-state index contributed by atoms with van der Waals surface area (Å²) in [5.41, 5.74) is 2.70. The van der Waals surface area contributed by atoms with Gasteiger partial charge in [0.2, 0.25) is 5.88 Å². The molecular formula is C27H36FN3O3. The summed E-state index contributed by atoms with van der Waals surface area (Å²) in [6.07, 6.45) is -0.612. The quantitative estimate of drug-likeness (QED) is 0.392. The largest absolute Gasteiger partial charge is 0.439 e. The van der Waals surface area contributed by atoms with Crippen molar-refractivity contribution in [2.45, 2.75) is 46.4 Å². The summed E-state index contributed by atoms with van der Waals surface area (Å²) < 4.78 is 27.0. The molecule has 6 nitrogen and oxygen atoms in total. The van der Waals surface area contributed by atoms with Gasteiger partial charge in [0.25, 0.3) is 0 Å². The highest BCUT2D eigenvalue weighted by Crippen LogP contribution is 2.34. The van der Waals surface area contributed by atoms with Crippen LogP contribution in [-0.2, 0) is 18.3 Å². The topological polar surface area (TPSA) is 59.8 Å². The molecule has 0 fully saturated rings. The molecule has 0 bridgehead atoms. The number of aliphatic hydroxyl groups is 1. The minimum Gasteiger partial charge on any atom is -0.439 e. The van der Waals surface area contributed by atoms with Crippen LogP contribution in [0.5, 0.6) is 11.6 Å². The molecule has 0 amide bonds. The van der Waals surface area contributed by atoms with Crippen LogP contribution in [0.15, 0.2) is 54.6 Å². The van der Waals surface area contributed by atoms with Gasteiger partial charge < -0.3 is 14.6 Å². The molecule has 2 aromatic carbocycles. The van der Waals surface area contributed by atoms with Crippen molar-refractivity contribution in [1.82, 2.24) is 14.7 Å². The van der Waals surface area contributed by atoms with E-state index in [1.54, 1.807) is 16.8 Å². The Labute approximate surface area is 201 Å². The average Bonchev–Trinajstić information content (AvgIpc) is 3.10. The summed E-state index contributed by atoms with van der Waals surface area (Å²) in [5.74, 6) is 1.22. The van der Waals surface area contributed by atoms with Gasteiger partial charge in [-0.25, -0.2) is 9.07 Å². The van der Waals surface area contributed by atoms with Gasteiger partial charge in [0, 0.05) is 38.3 Å². The van der Waals surface area contributed by atoms with E-state index in [0.29, 0.717) is 43.9 Å². The first kappa shape index (κ1) is 25.9. The Morgan fingerprint density at radius 2 is 1.68 bits per heavy atom. The lowest BCUT2D eigenvalue weighted by atomic mass is 10.1. The first-order chi connectivity index (χ1) is 16.2. The number of hydrogen-bond acceptors (Lipinski definition) is 5. The van der Waals surface area contributed by atoms with Crippen LogP contribution in [0, 0.1) is 11.7 Å². The van der Waals surface area contributed by atoms with E-state index in [-0.39, 0.29) is 11.9 Å². The van der Waals surface area contributed by atoms with Crippen LogP contribution in [0.4, 0.5) is 4.39 Å². The fourth-order valence-corrected chi connectivity index (χ4v) is 3.69. The Balaban J connectivity index is 1.90. The standard InChI is InChI=1S/C27H36FN3O3/c1-19(2)17-33-18-23(32)15-31(20(3)4)16-25-26(21-9-7-6-8-10-21)29-30(5)27(25)34-24-13-11-22(28)12-14-24/h6-14,19-20,23,32H,15-18H2,1-5H3/t23-/m0/s1. The zero-order valence-corrected chi connectivity index (χ0v) is 20.7. The molecule has 0 saturated heterocycles. The Hall–Kier alpha value is -2.74. The van der Waals surface area contributed by atoms with Gasteiger partial charge in [0.05, 0.1) is 18.3 Å². The van der Waals surface area contributed by atoms with E-state index in [0.717, 1.165) is 16.8 Å². The Bertz CT molecular complexity index is 1020. The lowest BCUT2D eigenvalue weighted by molar-refractivity contribution is 0.00166. The number of hydrogen-bond donors (Lipinski definition) is 1. The number of aliphatic hydroxyl groups excluding tert-OH is 1. The van der Waals surface area contributed by atoms with Crippen LogP contribution < -0.4 is 4.74 Å². The normalized spacial score (nSPS) is 12.6. The lowest BCUT2D eigenvalue weighted by Crippen LogP contribution is -2.39.